The number of rotatable bonds is 5. The zero-order chi connectivity index (χ0) is 13.9. The van der Waals surface area contributed by atoms with E-state index in [4.69, 9.17) is 15.2 Å². The summed E-state index contributed by atoms with van der Waals surface area (Å²) in [6.07, 6.45) is 4.78. The van der Waals surface area contributed by atoms with E-state index < -0.39 is 0 Å². The van der Waals surface area contributed by atoms with Gasteiger partial charge in [0.25, 0.3) is 0 Å². The highest BCUT2D eigenvalue weighted by Crippen LogP contribution is 2.33. The molecular formula is C16H24N2O2. The van der Waals surface area contributed by atoms with Gasteiger partial charge in [0.2, 0.25) is 6.79 Å². The van der Waals surface area contributed by atoms with Crippen LogP contribution in [0.3, 0.4) is 0 Å². The number of ether oxygens (including phenoxy) is 2. The monoisotopic (exact) mass is 276 g/mol. The van der Waals surface area contributed by atoms with E-state index in [1.54, 1.807) is 0 Å². The Morgan fingerprint density at radius 3 is 3.05 bits per heavy atom. The second-order valence-corrected chi connectivity index (χ2v) is 5.84. The van der Waals surface area contributed by atoms with Crippen molar-refractivity contribution < 1.29 is 9.47 Å². The van der Waals surface area contributed by atoms with Crippen molar-refractivity contribution in [2.45, 2.75) is 44.7 Å². The van der Waals surface area contributed by atoms with Crippen LogP contribution in [0.4, 0.5) is 0 Å². The third-order valence-electron chi connectivity index (χ3n) is 4.55. The van der Waals surface area contributed by atoms with Gasteiger partial charge in [-0.1, -0.05) is 6.07 Å². The van der Waals surface area contributed by atoms with Crippen LogP contribution in [0.1, 0.15) is 31.7 Å². The zero-order valence-corrected chi connectivity index (χ0v) is 12.2. The molecule has 1 saturated heterocycles. The van der Waals surface area contributed by atoms with Crippen molar-refractivity contribution in [2.75, 3.05) is 19.9 Å². The predicted molar refractivity (Wildman–Crippen MR) is 79.1 cm³/mol. The Morgan fingerprint density at radius 2 is 2.20 bits per heavy atom. The fourth-order valence-electron chi connectivity index (χ4n) is 3.33. The van der Waals surface area contributed by atoms with Crippen LogP contribution >= 0.6 is 0 Å². The van der Waals surface area contributed by atoms with E-state index in [-0.39, 0.29) is 0 Å². The van der Waals surface area contributed by atoms with E-state index in [9.17, 15) is 0 Å². The van der Waals surface area contributed by atoms with Gasteiger partial charge in [0.05, 0.1) is 0 Å². The van der Waals surface area contributed by atoms with Crippen LogP contribution in [0, 0.1) is 0 Å². The molecule has 0 aromatic heterocycles. The molecule has 1 fully saturated rings. The largest absolute Gasteiger partial charge is 0.454 e. The van der Waals surface area contributed by atoms with Gasteiger partial charge in [-0.3, -0.25) is 4.90 Å². The average molecular weight is 276 g/mol. The summed E-state index contributed by atoms with van der Waals surface area (Å²) in [6, 6.07) is 7.45. The Labute approximate surface area is 120 Å². The van der Waals surface area contributed by atoms with Gasteiger partial charge in [0.1, 0.15) is 0 Å². The summed E-state index contributed by atoms with van der Waals surface area (Å²) in [5, 5.41) is 0. The number of hydrogen-bond donors (Lipinski definition) is 1. The van der Waals surface area contributed by atoms with E-state index in [0.29, 0.717) is 18.9 Å². The minimum atomic E-state index is 0.348. The van der Waals surface area contributed by atoms with Crippen LogP contribution in [0.2, 0.25) is 0 Å². The molecule has 1 aromatic carbocycles. The number of fused-ring (bicyclic) bond motifs is 1. The van der Waals surface area contributed by atoms with Gasteiger partial charge in [-0.25, -0.2) is 0 Å². The fourth-order valence-corrected chi connectivity index (χ4v) is 3.33. The van der Waals surface area contributed by atoms with E-state index in [1.165, 1.54) is 24.9 Å². The van der Waals surface area contributed by atoms with E-state index in [0.717, 1.165) is 30.9 Å². The van der Waals surface area contributed by atoms with Gasteiger partial charge in [-0.05, 0) is 56.8 Å². The SMILES string of the molecule is CC(CCc1ccc2c(c1)OCO2)N1CCCC1CN. The van der Waals surface area contributed by atoms with Gasteiger partial charge in [-0.2, -0.15) is 0 Å². The summed E-state index contributed by atoms with van der Waals surface area (Å²) >= 11 is 0. The molecule has 2 atom stereocenters. The first kappa shape index (κ1) is 13.7. The first-order valence-electron chi connectivity index (χ1n) is 7.62. The summed E-state index contributed by atoms with van der Waals surface area (Å²) in [6.45, 7) is 4.65. The Bertz CT molecular complexity index is 464. The van der Waals surface area contributed by atoms with Crippen LogP contribution in [-0.4, -0.2) is 36.9 Å². The minimum Gasteiger partial charge on any atom is -0.454 e. The second-order valence-electron chi connectivity index (χ2n) is 5.84. The van der Waals surface area contributed by atoms with Gasteiger partial charge in [-0.15, -0.1) is 0 Å². The van der Waals surface area contributed by atoms with Gasteiger partial charge < -0.3 is 15.2 Å². The van der Waals surface area contributed by atoms with Crippen molar-refractivity contribution in [1.82, 2.24) is 4.90 Å². The molecule has 3 rings (SSSR count). The van der Waals surface area contributed by atoms with E-state index >= 15 is 0 Å². The standard InChI is InChI=1S/C16H24N2O2/c1-12(18-8-2-3-14(18)10-17)4-5-13-6-7-15-16(9-13)20-11-19-15/h6-7,9,12,14H,2-5,8,10-11,17H2,1H3. The smallest absolute Gasteiger partial charge is 0.231 e. The summed E-state index contributed by atoms with van der Waals surface area (Å²) in [4.78, 5) is 2.58. The van der Waals surface area contributed by atoms with Gasteiger partial charge in [0.15, 0.2) is 11.5 Å². The van der Waals surface area contributed by atoms with Crippen molar-refractivity contribution in [3.05, 3.63) is 23.8 Å². The molecule has 4 nitrogen and oxygen atoms in total. The molecule has 4 heteroatoms. The lowest BCUT2D eigenvalue weighted by Gasteiger charge is -2.30. The topological polar surface area (TPSA) is 47.7 Å². The number of hydrogen-bond acceptors (Lipinski definition) is 4. The molecule has 0 saturated carbocycles. The van der Waals surface area contributed by atoms with Crippen LogP contribution in [0.15, 0.2) is 18.2 Å². The summed E-state index contributed by atoms with van der Waals surface area (Å²) in [5.41, 5.74) is 7.18. The van der Waals surface area contributed by atoms with Crippen molar-refractivity contribution in [2.24, 2.45) is 5.73 Å². The Kier molecular flexibility index (Phi) is 4.13. The molecule has 0 radical (unpaired) electrons. The maximum Gasteiger partial charge on any atom is 0.231 e. The number of benzene rings is 1. The number of nitrogens with two attached hydrogens (primary N) is 1. The van der Waals surface area contributed by atoms with Gasteiger partial charge >= 0.3 is 0 Å². The van der Waals surface area contributed by atoms with Crippen molar-refractivity contribution in [3.63, 3.8) is 0 Å². The second kappa shape index (κ2) is 6.02. The van der Waals surface area contributed by atoms with E-state index in [1.807, 2.05) is 6.07 Å². The summed E-state index contributed by atoms with van der Waals surface area (Å²) < 4.78 is 10.8. The molecule has 0 aliphatic carbocycles. The van der Waals surface area contributed by atoms with E-state index in [2.05, 4.69) is 24.0 Å². The number of likely N-dealkylation sites (tertiary alicyclic amines) is 1. The number of aryl methyl sites for hydroxylation is 1. The molecular weight excluding hydrogens is 252 g/mol. The quantitative estimate of drug-likeness (QED) is 0.895. The van der Waals surface area contributed by atoms with Crippen molar-refractivity contribution in [1.29, 1.82) is 0 Å². The molecule has 1 aromatic rings. The van der Waals surface area contributed by atoms with Crippen LogP contribution in [0.25, 0.3) is 0 Å². The Hall–Kier alpha value is -1.26. The fraction of sp³-hybridized carbons (Fsp3) is 0.625. The lowest BCUT2D eigenvalue weighted by molar-refractivity contribution is 0.174. The first-order chi connectivity index (χ1) is 9.78. The zero-order valence-electron chi connectivity index (χ0n) is 12.2. The molecule has 110 valence electrons. The third kappa shape index (κ3) is 2.76. The lowest BCUT2D eigenvalue weighted by Crippen LogP contribution is -2.41. The molecule has 2 unspecified atom stereocenters. The molecule has 2 aliphatic heterocycles. The predicted octanol–water partition coefficient (Wildman–Crippen LogP) is 2.16. The summed E-state index contributed by atoms with van der Waals surface area (Å²) in [7, 11) is 0. The molecule has 0 spiro atoms. The normalized spacial score (nSPS) is 23.2. The van der Waals surface area contributed by atoms with Crippen LogP contribution in [-0.2, 0) is 6.42 Å². The molecule has 2 heterocycles. The highest BCUT2D eigenvalue weighted by atomic mass is 16.7. The molecule has 2 aliphatic rings. The van der Waals surface area contributed by atoms with Crippen molar-refractivity contribution in [3.8, 4) is 11.5 Å². The van der Waals surface area contributed by atoms with Crippen LogP contribution in [0.5, 0.6) is 11.5 Å². The summed E-state index contributed by atoms with van der Waals surface area (Å²) in [5.74, 6) is 1.75. The average Bonchev–Trinajstić information content (AvgIpc) is 3.12. The first-order valence-corrected chi connectivity index (χ1v) is 7.62. The lowest BCUT2D eigenvalue weighted by atomic mass is 10.0. The maximum atomic E-state index is 5.86. The molecule has 0 bridgehead atoms. The van der Waals surface area contributed by atoms with Gasteiger partial charge in [0, 0.05) is 18.6 Å². The Balaban J connectivity index is 1.56. The minimum absolute atomic E-state index is 0.348. The third-order valence-corrected chi connectivity index (χ3v) is 4.55. The molecule has 20 heavy (non-hydrogen) atoms. The molecule has 2 N–H and O–H groups in total. The highest BCUT2D eigenvalue weighted by molar-refractivity contribution is 5.44. The molecule has 0 amide bonds. The number of nitrogens with zero attached hydrogens (tertiary/aromatic N) is 1. The highest BCUT2D eigenvalue weighted by Gasteiger charge is 2.27. The van der Waals surface area contributed by atoms with Crippen LogP contribution < -0.4 is 15.2 Å². The Morgan fingerprint density at radius 1 is 1.35 bits per heavy atom. The maximum absolute atomic E-state index is 5.86. The van der Waals surface area contributed by atoms with Crippen molar-refractivity contribution >= 4 is 0 Å².